The Kier molecular flexibility index (Phi) is 3.00. The highest BCUT2D eigenvalue weighted by molar-refractivity contribution is 9.08. The van der Waals surface area contributed by atoms with Gasteiger partial charge < -0.3 is 0 Å². The smallest absolute Gasteiger partial charge is 0.263 e. The molecule has 0 aliphatic carbocycles. The van der Waals surface area contributed by atoms with Crippen molar-refractivity contribution in [2.75, 3.05) is 0 Å². The first-order chi connectivity index (χ1) is 5.92. The summed E-state index contributed by atoms with van der Waals surface area (Å²) in [6.45, 7) is 0.657. The first-order valence-electron chi connectivity index (χ1n) is 3.58. The minimum atomic E-state index is -4.21. The summed E-state index contributed by atoms with van der Waals surface area (Å²) < 4.78 is 36.6. The van der Waals surface area contributed by atoms with E-state index in [0.29, 0.717) is 11.0 Å². The van der Waals surface area contributed by atoms with E-state index >= 15 is 0 Å². The minimum Gasteiger partial charge on any atom is -0.263 e. The number of rotatable bonds is 2. The zero-order chi connectivity index (χ0) is 10.1. The third-order valence-corrected chi connectivity index (χ3v) is 2.14. The predicted octanol–water partition coefficient (Wildman–Crippen LogP) is 2.65. The van der Waals surface area contributed by atoms with Crippen LogP contribution < -0.4 is 0 Å². The molecule has 6 heteroatoms. The summed E-state index contributed by atoms with van der Waals surface area (Å²) in [5.74, 6) is 0. The Morgan fingerprint density at radius 1 is 1.54 bits per heavy atom. The van der Waals surface area contributed by atoms with Gasteiger partial charge in [-0.15, -0.1) is 0 Å². The zero-order valence-corrected chi connectivity index (χ0v) is 8.48. The second-order valence-electron chi connectivity index (χ2n) is 2.69. The van der Waals surface area contributed by atoms with E-state index in [9.17, 15) is 13.2 Å². The molecule has 0 saturated heterocycles. The number of aryl methyl sites for hydroxylation is 1. The van der Waals surface area contributed by atoms with Crippen LogP contribution in [0.2, 0.25) is 0 Å². The van der Waals surface area contributed by atoms with E-state index in [2.05, 4.69) is 21.0 Å². The molecule has 0 atom stereocenters. The molecule has 0 fully saturated rings. The van der Waals surface area contributed by atoms with Crippen molar-refractivity contribution in [3.05, 3.63) is 17.5 Å². The van der Waals surface area contributed by atoms with Crippen LogP contribution in [0, 0.1) is 6.92 Å². The van der Waals surface area contributed by atoms with Gasteiger partial charge in [-0.2, -0.15) is 18.3 Å². The van der Waals surface area contributed by atoms with Crippen LogP contribution in [0.5, 0.6) is 0 Å². The van der Waals surface area contributed by atoms with Gasteiger partial charge in [0, 0.05) is 17.1 Å². The molecule has 0 aromatic carbocycles. The molecule has 1 aromatic heterocycles. The molecule has 0 N–H and O–H groups in total. The van der Waals surface area contributed by atoms with E-state index in [0.717, 1.165) is 10.2 Å². The lowest BCUT2D eigenvalue weighted by Crippen LogP contribution is -2.17. The van der Waals surface area contributed by atoms with Gasteiger partial charge in [0.1, 0.15) is 6.54 Å². The van der Waals surface area contributed by atoms with Crippen LogP contribution in [0.4, 0.5) is 13.2 Å². The van der Waals surface area contributed by atoms with Crippen LogP contribution in [0.3, 0.4) is 0 Å². The van der Waals surface area contributed by atoms with Crippen LogP contribution >= 0.6 is 15.9 Å². The van der Waals surface area contributed by atoms with Crippen LogP contribution in [0.1, 0.15) is 11.3 Å². The SMILES string of the molecule is Cc1nn(CC(F)(F)F)cc1CBr. The fraction of sp³-hybridized carbons (Fsp3) is 0.571. The monoisotopic (exact) mass is 256 g/mol. The second-order valence-corrected chi connectivity index (χ2v) is 3.25. The maximum atomic E-state index is 11.9. The largest absolute Gasteiger partial charge is 0.408 e. The van der Waals surface area contributed by atoms with Gasteiger partial charge >= 0.3 is 6.18 Å². The van der Waals surface area contributed by atoms with E-state index in [1.807, 2.05) is 0 Å². The van der Waals surface area contributed by atoms with Gasteiger partial charge in [-0.25, -0.2) is 0 Å². The molecule has 1 rings (SSSR count). The molecule has 0 amide bonds. The third-order valence-electron chi connectivity index (χ3n) is 1.53. The summed E-state index contributed by atoms with van der Waals surface area (Å²) in [6.07, 6.45) is -2.81. The van der Waals surface area contributed by atoms with Gasteiger partial charge in [0.05, 0.1) is 5.69 Å². The molecule has 2 nitrogen and oxygen atoms in total. The molecule has 13 heavy (non-hydrogen) atoms. The second kappa shape index (κ2) is 3.69. The quantitative estimate of drug-likeness (QED) is 0.745. The summed E-state index contributed by atoms with van der Waals surface area (Å²) in [6, 6.07) is 0. The Hall–Kier alpha value is -0.520. The van der Waals surface area contributed by atoms with Gasteiger partial charge in [0.15, 0.2) is 0 Å². The maximum Gasteiger partial charge on any atom is 0.408 e. The molecular weight excluding hydrogens is 249 g/mol. The van der Waals surface area contributed by atoms with Gasteiger partial charge in [0.2, 0.25) is 0 Å². The van der Waals surface area contributed by atoms with Crippen molar-refractivity contribution in [1.29, 1.82) is 0 Å². The van der Waals surface area contributed by atoms with Crippen LogP contribution in [0.25, 0.3) is 0 Å². The van der Waals surface area contributed by atoms with E-state index in [1.165, 1.54) is 6.20 Å². The highest BCUT2D eigenvalue weighted by Crippen LogP contribution is 2.18. The summed E-state index contributed by atoms with van der Waals surface area (Å²) in [5, 5.41) is 4.26. The Bertz CT molecular complexity index is 292. The highest BCUT2D eigenvalue weighted by Gasteiger charge is 2.28. The Morgan fingerprint density at radius 2 is 2.15 bits per heavy atom. The van der Waals surface area contributed by atoms with E-state index < -0.39 is 12.7 Å². The number of nitrogens with zero attached hydrogens (tertiary/aromatic N) is 2. The van der Waals surface area contributed by atoms with Crippen LogP contribution in [-0.4, -0.2) is 16.0 Å². The van der Waals surface area contributed by atoms with E-state index in [1.54, 1.807) is 6.92 Å². The van der Waals surface area contributed by atoms with Gasteiger partial charge in [0.25, 0.3) is 0 Å². The lowest BCUT2D eigenvalue weighted by molar-refractivity contribution is -0.142. The van der Waals surface area contributed by atoms with Gasteiger partial charge in [-0.05, 0) is 6.92 Å². The average molecular weight is 257 g/mol. The molecule has 1 aromatic rings. The van der Waals surface area contributed by atoms with Gasteiger partial charge in [-0.1, -0.05) is 15.9 Å². The number of aromatic nitrogens is 2. The molecule has 0 saturated carbocycles. The van der Waals surface area contributed by atoms with E-state index in [-0.39, 0.29) is 0 Å². The average Bonchev–Trinajstić information content (AvgIpc) is 2.26. The predicted molar refractivity (Wildman–Crippen MR) is 45.7 cm³/mol. The molecule has 1 heterocycles. The fourth-order valence-corrected chi connectivity index (χ4v) is 1.51. The van der Waals surface area contributed by atoms with Crippen LogP contribution in [0.15, 0.2) is 6.20 Å². The van der Waals surface area contributed by atoms with Crippen molar-refractivity contribution >= 4 is 15.9 Å². The molecule has 0 unspecified atom stereocenters. The molecule has 0 radical (unpaired) electrons. The summed E-state index contributed by atoms with van der Waals surface area (Å²) in [4.78, 5) is 0. The maximum absolute atomic E-state index is 11.9. The minimum absolute atomic E-state index is 0.524. The van der Waals surface area contributed by atoms with Crippen molar-refractivity contribution in [2.45, 2.75) is 25.0 Å². The van der Waals surface area contributed by atoms with Crippen molar-refractivity contribution in [2.24, 2.45) is 0 Å². The number of alkyl halides is 4. The van der Waals surface area contributed by atoms with Crippen molar-refractivity contribution < 1.29 is 13.2 Å². The van der Waals surface area contributed by atoms with Crippen molar-refractivity contribution in [1.82, 2.24) is 9.78 Å². The Balaban J connectivity index is 2.80. The standard InChI is InChI=1S/C7H8BrF3N2/c1-5-6(2-8)3-13(12-5)4-7(9,10)11/h3H,2,4H2,1H3. The van der Waals surface area contributed by atoms with Crippen molar-refractivity contribution in [3.63, 3.8) is 0 Å². The molecular formula is C7H8BrF3N2. The summed E-state index contributed by atoms with van der Waals surface area (Å²) >= 11 is 3.17. The molecule has 0 spiro atoms. The topological polar surface area (TPSA) is 17.8 Å². The van der Waals surface area contributed by atoms with Crippen molar-refractivity contribution in [3.8, 4) is 0 Å². The molecule has 0 bridgehead atoms. The number of hydrogen-bond donors (Lipinski definition) is 0. The summed E-state index contributed by atoms with van der Waals surface area (Å²) in [7, 11) is 0. The van der Waals surface area contributed by atoms with Crippen LogP contribution in [-0.2, 0) is 11.9 Å². The third kappa shape index (κ3) is 3.02. The van der Waals surface area contributed by atoms with E-state index in [4.69, 9.17) is 0 Å². The zero-order valence-electron chi connectivity index (χ0n) is 6.90. The Labute approximate surface area is 81.9 Å². The van der Waals surface area contributed by atoms with Gasteiger partial charge in [-0.3, -0.25) is 4.68 Å². The number of hydrogen-bond acceptors (Lipinski definition) is 1. The lowest BCUT2D eigenvalue weighted by Gasteiger charge is -2.04. The highest BCUT2D eigenvalue weighted by atomic mass is 79.9. The molecule has 0 aliphatic heterocycles. The molecule has 0 aliphatic rings. The lowest BCUT2D eigenvalue weighted by atomic mass is 10.3. The normalized spacial score (nSPS) is 12.1. The fourth-order valence-electron chi connectivity index (χ4n) is 0.955. The summed E-state index contributed by atoms with van der Waals surface area (Å²) in [5.41, 5.74) is 1.41. The Morgan fingerprint density at radius 3 is 2.54 bits per heavy atom. The first kappa shape index (κ1) is 10.6. The molecule has 74 valence electrons. The first-order valence-corrected chi connectivity index (χ1v) is 4.70. The number of halogens is 4.